The van der Waals surface area contributed by atoms with Crippen molar-refractivity contribution < 1.29 is 17.1 Å². The Kier molecular flexibility index (Phi) is 15.7. The summed E-state index contributed by atoms with van der Waals surface area (Å²) in [4.78, 5) is 0. The topological polar surface area (TPSA) is 9.23 Å². The van der Waals surface area contributed by atoms with Gasteiger partial charge < -0.3 is 4.74 Å². The van der Waals surface area contributed by atoms with Gasteiger partial charge >= 0.3 is 49.6 Å². The molecule has 1 atom stereocenters. The molecule has 2 aromatic rings. The van der Waals surface area contributed by atoms with Crippen LogP contribution in [0.5, 0.6) is 5.75 Å². The molecule has 0 N–H and O–H groups in total. The average molecular weight is 528 g/mol. The Morgan fingerprint density at radius 3 is 1.87 bits per heavy atom. The third-order valence-corrected chi connectivity index (χ3v) is 5.10. The molecular weight excluding hydrogens is 494 g/mol. The summed E-state index contributed by atoms with van der Waals surface area (Å²) in [6.07, 6.45) is 11.8. The zero-order chi connectivity index (χ0) is 22.2. The predicted octanol–water partition coefficient (Wildman–Crippen LogP) is 9.92. The van der Waals surface area contributed by atoms with E-state index in [1.165, 1.54) is 68.9 Å². The molecule has 6 heteroatoms. The van der Waals surface area contributed by atoms with Crippen molar-refractivity contribution in [3.05, 3.63) is 65.7 Å². The predicted molar refractivity (Wildman–Crippen MR) is 132 cm³/mol. The van der Waals surface area contributed by atoms with Gasteiger partial charge in [0.05, 0.1) is 7.11 Å². The fraction of sp³-hybridized carbons (Fsp3) is 0.500. The van der Waals surface area contributed by atoms with Gasteiger partial charge in [-0.1, -0.05) is 81.5 Å². The minimum absolute atomic E-state index is 0.730. The van der Waals surface area contributed by atoms with Crippen molar-refractivity contribution >= 4 is 37.2 Å². The van der Waals surface area contributed by atoms with Crippen LogP contribution in [0, 0.1) is 0 Å². The van der Waals surface area contributed by atoms with Crippen LogP contribution in [0.15, 0.2) is 54.6 Å². The molecule has 2 aromatic carbocycles. The van der Waals surface area contributed by atoms with Crippen molar-refractivity contribution in [3.8, 4) is 5.75 Å². The molecule has 0 bridgehead atoms. The molecule has 0 spiro atoms. The SMILES string of the molecule is CCCCCCC(CCCCc1ccc(OC)cc1)c1ccccc1.[Cl][Ti]([Cl])([Cl])[Cl]. The number of benzene rings is 2. The second-order valence-corrected chi connectivity index (χ2v) is 23.0. The van der Waals surface area contributed by atoms with Crippen LogP contribution in [0.2, 0.25) is 0 Å². The number of methoxy groups -OCH3 is 1. The Morgan fingerprint density at radius 2 is 1.33 bits per heavy atom. The molecule has 0 saturated heterocycles. The quantitative estimate of drug-likeness (QED) is 0.197. The summed E-state index contributed by atoms with van der Waals surface area (Å²) in [6, 6.07) is 19.6. The van der Waals surface area contributed by atoms with E-state index in [0.29, 0.717) is 0 Å². The fourth-order valence-electron chi connectivity index (χ4n) is 3.53. The summed E-state index contributed by atoms with van der Waals surface area (Å²) in [7, 11) is 21.8. The number of hydrogen-bond donors (Lipinski definition) is 0. The molecule has 1 nitrogen and oxygen atoms in total. The van der Waals surface area contributed by atoms with Crippen LogP contribution in [0.4, 0.5) is 0 Å². The Bertz CT molecular complexity index is 653. The van der Waals surface area contributed by atoms with E-state index < -0.39 is 12.3 Å². The van der Waals surface area contributed by atoms with E-state index in [9.17, 15) is 0 Å². The standard InChI is InChI=1S/C24H34O.4ClH.Ti/c1-3-4-5-7-13-23(22-14-8-6-9-15-22)16-11-10-12-21-17-19-24(25-2)20-18-21;;;;;/h6,8-9,14-15,17-20,23H,3-5,7,10-13,16H2,1-2H3;4*1H;/q;;;;;+4/p-4. The van der Waals surface area contributed by atoms with Crippen molar-refractivity contribution in [1.29, 1.82) is 0 Å². The van der Waals surface area contributed by atoms with Crippen LogP contribution < -0.4 is 4.74 Å². The van der Waals surface area contributed by atoms with Crippen molar-refractivity contribution in [2.24, 2.45) is 0 Å². The Balaban J connectivity index is 0.000000804. The third kappa shape index (κ3) is 15.0. The van der Waals surface area contributed by atoms with Gasteiger partial charge in [-0.25, -0.2) is 0 Å². The molecule has 30 heavy (non-hydrogen) atoms. The van der Waals surface area contributed by atoms with Crippen molar-refractivity contribution in [2.75, 3.05) is 7.11 Å². The summed E-state index contributed by atoms with van der Waals surface area (Å²) in [5, 5.41) is 0. The molecule has 0 aliphatic rings. The fourth-order valence-corrected chi connectivity index (χ4v) is 3.53. The molecule has 0 aromatic heterocycles. The van der Waals surface area contributed by atoms with E-state index in [4.69, 9.17) is 42.0 Å². The molecule has 1 unspecified atom stereocenters. The van der Waals surface area contributed by atoms with Gasteiger partial charge in [-0.2, -0.15) is 0 Å². The van der Waals surface area contributed by atoms with E-state index in [0.717, 1.165) is 11.7 Å². The van der Waals surface area contributed by atoms with Crippen molar-refractivity contribution in [1.82, 2.24) is 0 Å². The Morgan fingerprint density at radius 1 is 0.767 bits per heavy atom. The van der Waals surface area contributed by atoms with Gasteiger partial charge in [-0.3, -0.25) is 0 Å². The monoisotopic (exact) mass is 526 g/mol. The number of ether oxygens (including phenoxy) is 1. The molecule has 0 aliphatic heterocycles. The normalized spacial score (nSPS) is 12.1. The zero-order valence-corrected chi connectivity index (χ0v) is 22.6. The van der Waals surface area contributed by atoms with Gasteiger partial charge in [-0.15, -0.1) is 0 Å². The van der Waals surface area contributed by atoms with E-state index in [1.807, 2.05) is 0 Å². The molecule has 0 radical (unpaired) electrons. The van der Waals surface area contributed by atoms with Crippen LogP contribution in [-0.4, -0.2) is 7.11 Å². The molecule has 0 fully saturated rings. The molecule has 168 valence electrons. The molecule has 0 amide bonds. The summed E-state index contributed by atoms with van der Waals surface area (Å²) in [5.41, 5.74) is 2.95. The van der Waals surface area contributed by atoms with Gasteiger partial charge in [0.25, 0.3) is 0 Å². The number of unbranched alkanes of at least 4 members (excludes halogenated alkanes) is 4. The first-order valence-electron chi connectivity index (χ1n) is 10.8. The Hall–Kier alpha value is 0.114. The third-order valence-electron chi connectivity index (χ3n) is 5.10. The summed E-state index contributed by atoms with van der Waals surface area (Å²) in [5.74, 6) is 1.67. The summed E-state index contributed by atoms with van der Waals surface area (Å²) < 4.78 is 5.23. The number of halogens is 4. The van der Waals surface area contributed by atoms with E-state index >= 15 is 0 Å². The van der Waals surface area contributed by atoms with Gasteiger partial charge in [0.15, 0.2) is 0 Å². The first-order valence-corrected chi connectivity index (χ1v) is 19.4. The number of rotatable bonds is 12. The van der Waals surface area contributed by atoms with Crippen LogP contribution in [0.1, 0.15) is 75.3 Å². The van der Waals surface area contributed by atoms with Crippen molar-refractivity contribution in [3.63, 3.8) is 0 Å². The summed E-state index contributed by atoms with van der Waals surface area (Å²) in [6.45, 7) is 2.29. The van der Waals surface area contributed by atoms with Gasteiger partial charge in [0, 0.05) is 0 Å². The van der Waals surface area contributed by atoms with Crippen LogP contribution in [-0.2, 0) is 18.8 Å². The summed E-state index contributed by atoms with van der Waals surface area (Å²) >= 11 is -3.11. The average Bonchev–Trinajstić information content (AvgIpc) is 2.72. The minimum atomic E-state index is -3.11. The van der Waals surface area contributed by atoms with E-state index in [2.05, 4.69) is 61.5 Å². The van der Waals surface area contributed by atoms with Crippen LogP contribution >= 0.6 is 37.2 Å². The second-order valence-electron chi connectivity index (χ2n) is 7.48. The van der Waals surface area contributed by atoms with Gasteiger partial charge in [0.2, 0.25) is 0 Å². The second kappa shape index (κ2) is 16.7. The van der Waals surface area contributed by atoms with Crippen LogP contribution in [0.3, 0.4) is 0 Å². The number of aryl methyl sites for hydroxylation is 1. The zero-order valence-electron chi connectivity index (χ0n) is 18.1. The Labute approximate surface area is 202 Å². The van der Waals surface area contributed by atoms with Crippen LogP contribution in [0.25, 0.3) is 0 Å². The molecule has 0 aliphatic carbocycles. The van der Waals surface area contributed by atoms with E-state index in [1.54, 1.807) is 7.11 Å². The van der Waals surface area contributed by atoms with Gasteiger partial charge in [-0.05, 0) is 54.9 Å². The molecule has 0 heterocycles. The van der Waals surface area contributed by atoms with Gasteiger partial charge in [0.1, 0.15) is 5.75 Å². The first kappa shape index (κ1) is 28.1. The first-order chi connectivity index (χ1) is 14.3. The van der Waals surface area contributed by atoms with E-state index in [-0.39, 0.29) is 0 Å². The van der Waals surface area contributed by atoms with Crippen molar-refractivity contribution in [2.45, 2.75) is 70.6 Å². The number of hydrogen-bond acceptors (Lipinski definition) is 1. The molecule has 2 rings (SSSR count). The maximum absolute atomic E-state index is 5.23. The molecular formula is C24H34Cl4OTi. The maximum atomic E-state index is 5.23. The molecule has 0 saturated carbocycles.